The molecule has 1 aromatic rings. The van der Waals surface area contributed by atoms with Crippen molar-refractivity contribution in [2.75, 3.05) is 19.5 Å². The van der Waals surface area contributed by atoms with Gasteiger partial charge < -0.3 is 10.1 Å². The second-order valence-corrected chi connectivity index (χ2v) is 3.59. The van der Waals surface area contributed by atoms with Crippen LogP contribution in [0.4, 0.5) is 0 Å². The lowest BCUT2D eigenvalue weighted by Crippen LogP contribution is -2.14. The van der Waals surface area contributed by atoms with Gasteiger partial charge in [-0.15, -0.1) is 0 Å². The molecule has 0 saturated carbocycles. The molecule has 0 fully saturated rings. The topological polar surface area (TPSA) is 21.3 Å². The predicted octanol–water partition coefficient (Wildman–Crippen LogP) is 2.37. The van der Waals surface area contributed by atoms with E-state index in [2.05, 4.69) is 17.9 Å². The first kappa shape index (κ1) is 11.7. The smallest absolute Gasteiger partial charge is 0.120 e. The van der Waals surface area contributed by atoms with Gasteiger partial charge in [0.25, 0.3) is 0 Å². The number of rotatable bonds is 5. The van der Waals surface area contributed by atoms with Crippen LogP contribution in [0.25, 0.3) is 0 Å². The minimum Gasteiger partial charge on any atom is -0.497 e. The third kappa shape index (κ3) is 3.40. The van der Waals surface area contributed by atoms with E-state index in [9.17, 15) is 0 Å². The first-order valence-corrected chi connectivity index (χ1v) is 5.43. The minimum absolute atomic E-state index is 0.688. The Kier molecular flexibility index (Phi) is 5.15. The van der Waals surface area contributed by atoms with Crippen LogP contribution in [-0.4, -0.2) is 19.5 Å². The average Bonchev–Trinajstić information content (AvgIpc) is 2.20. The predicted molar refractivity (Wildman–Crippen MR) is 63.6 cm³/mol. The number of benzene rings is 1. The molecule has 0 aliphatic heterocycles. The zero-order valence-corrected chi connectivity index (χ0v) is 9.74. The number of methoxy groups -OCH3 is 1. The van der Waals surface area contributed by atoms with Gasteiger partial charge >= 0.3 is 0 Å². The van der Waals surface area contributed by atoms with Crippen molar-refractivity contribution >= 4 is 24.2 Å². The average molecular weight is 232 g/mol. The summed E-state index contributed by atoms with van der Waals surface area (Å²) in [5.41, 5.74) is 1.13. The molecule has 1 N–H and O–H groups in total. The van der Waals surface area contributed by atoms with Crippen LogP contribution in [0.5, 0.6) is 5.75 Å². The van der Waals surface area contributed by atoms with Crippen molar-refractivity contribution < 1.29 is 4.74 Å². The molecule has 0 saturated heterocycles. The standard InChI is InChI=1S/C10H14ClNOS/c1-13-9-3-2-8(10(11)6-9)4-5-12-7-14/h2-3,6,12,14H,4-5,7H2,1H3. The summed E-state index contributed by atoms with van der Waals surface area (Å²) >= 11 is 10.1. The van der Waals surface area contributed by atoms with Crippen molar-refractivity contribution in [3.05, 3.63) is 28.8 Å². The molecule has 0 heterocycles. The molecule has 1 aromatic carbocycles. The van der Waals surface area contributed by atoms with Gasteiger partial charge in [0.2, 0.25) is 0 Å². The van der Waals surface area contributed by atoms with Gasteiger partial charge in [0.15, 0.2) is 0 Å². The number of ether oxygens (including phenoxy) is 1. The summed E-state index contributed by atoms with van der Waals surface area (Å²) in [6.45, 7) is 0.884. The van der Waals surface area contributed by atoms with Crippen molar-refractivity contribution in [2.24, 2.45) is 0 Å². The van der Waals surface area contributed by atoms with Gasteiger partial charge in [-0.2, -0.15) is 12.6 Å². The molecule has 0 atom stereocenters. The highest BCUT2D eigenvalue weighted by Gasteiger charge is 2.01. The number of nitrogens with one attached hydrogen (secondary N) is 1. The van der Waals surface area contributed by atoms with E-state index in [1.165, 1.54) is 0 Å². The zero-order valence-electron chi connectivity index (χ0n) is 8.09. The molecule has 0 radical (unpaired) electrons. The Labute approximate surface area is 95.0 Å². The fraction of sp³-hybridized carbons (Fsp3) is 0.400. The van der Waals surface area contributed by atoms with Crippen molar-refractivity contribution in [2.45, 2.75) is 6.42 Å². The summed E-state index contributed by atoms with van der Waals surface area (Å²) in [6.07, 6.45) is 0.906. The Balaban J connectivity index is 2.59. The molecule has 2 nitrogen and oxygen atoms in total. The molecule has 0 bridgehead atoms. The van der Waals surface area contributed by atoms with Crippen molar-refractivity contribution in [3.63, 3.8) is 0 Å². The fourth-order valence-corrected chi connectivity index (χ4v) is 1.58. The molecule has 78 valence electrons. The Bertz CT molecular complexity index is 293. The van der Waals surface area contributed by atoms with Gasteiger partial charge in [-0.05, 0) is 30.7 Å². The van der Waals surface area contributed by atoms with Crippen LogP contribution in [0, 0.1) is 0 Å². The molecular formula is C10H14ClNOS. The van der Waals surface area contributed by atoms with E-state index in [-0.39, 0.29) is 0 Å². The summed E-state index contributed by atoms with van der Waals surface area (Å²) in [6, 6.07) is 5.74. The van der Waals surface area contributed by atoms with Crippen molar-refractivity contribution in [1.29, 1.82) is 0 Å². The van der Waals surface area contributed by atoms with E-state index in [0.29, 0.717) is 5.88 Å². The summed E-state index contributed by atoms with van der Waals surface area (Å²) in [4.78, 5) is 0. The number of halogens is 1. The Hall–Kier alpha value is -0.380. The van der Waals surface area contributed by atoms with Crippen LogP contribution in [-0.2, 0) is 6.42 Å². The van der Waals surface area contributed by atoms with Crippen LogP contribution >= 0.6 is 24.2 Å². The van der Waals surface area contributed by atoms with Crippen LogP contribution in [0.3, 0.4) is 0 Å². The maximum Gasteiger partial charge on any atom is 0.120 e. The van der Waals surface area contributed by atoms with Gasteiger partial charge in [-0.3, -0.25) is 0 Å². The minimum atomic E-state index is 0.688. The molecular weight excluding hydrogens is 218 g/mol. The van der Waals surface area contributed by atoms with E-state index in [1.54, 1.807) is 7.11 Å². The van der Waals surface area contributed by atoms with Gasteiger partial charge in [0.05, 0.1) is 7.11 Å². The highest BCUT2D eigenvalue weighted by Crippen LogP contribution is 2.22. The maximum absolute atomic E-state index is 6.06. The number of hydrogen-bond acceptors (Lipinski definition) is 3. The van der Waals surface area contributed by atoms with Gasteiger partial charge in [-0.25, -0.2) is 0 Å². The van der Waals surface area contributed by atoms with E-state index in [0.717, 1.165) is 29.3 Å². The summed E-state index contributed by atoms with van der Waals surface area (Å²) in [5.74, 6) is 1.48. The van der Waals surface area contributed by atoms with Crippen molar-refractivity contribution in [1.82, 2.24) is 5.32 Å². The Morgan fingerprint density at radius 3 is 2.86 bits per heavy atom. The molecule has 0 amide bonds. The first-order valence-electron chi connectivity index (χ1n) is 4.42. The van der Waals surface area contributed by atoms with E-state index in [4.69, 9.17) is 16.3 Å². The van der Waals surface area contributed by atoms with Gasteiger partial charge in [-0.1, -0.05) is 17.7 Å². The summed E-state index contributed by atoms with van der Waals surface area (Å²) in [7, 11) is 1.63. The second kappa shape index (κ2) is 6.17. The highest BCUT2D eigenvalue weighted by atomic mass is 35.5. The molecule has 0 aliphatic rings. The summed E-state index contributed by atoms with van der Waals surface area (Å²) < 4.78 is 5.06. The van der Waals surface area contributed by atoms with E-state index >= 15 is 0 Å². The Morgan fingerprint density at radius 1 is 1.50 bits per heavy atom. The van der Waals surface area contributed by atoms with Crippen LogP contribution < -0.4 is 10.1 Å². The van der Waals surface area contributed by atoms with Gasteiger partial charge in [0, 0.05) is 10.9 Å². The monoisotopic (exact) mass is 231 g/mol. The number of hydrogen-bond donors (Lipinski definition) is 2. The van der Waals surface area contributed by atoms with E-state index < -0.39 is 0 Å². The highest BCUT2D eigenvalue weighted by molar-refractivity contribution is 7.80. The molecule has 4 heteroatoms. The Morgan fingerprint density at radius 2 is 2.29 bits per heavy atom. The van der Waals surface area contributed by atoms with Gasteiger partial charge in [0.1, 0.15) is 5.75 Å². The number of thiol groups is 1. The molecule has 0 unspecified atom stereocenters. The SMILES string of the molecule is COc1ccc(CCNCS)c(Cl)c1. The molecule has 14 heavy (non-hydrogen) atoms. The molecule has 0 aliphatic carbocycles. The van der Waals surface area contributed by atoms with Crippen LogP contribution in [0.2, 0.25) is 5.02 Å². The van der Waals surface area contributed by atoms with Crippen LogP contribution in [0.15, 0.2) is 18.2 Å². The normalized spacial score (nSPS) is 10.2. The lowest BCUT2D eigenvalue weighted by atomic mass is 10.1. The molecule has 1 rings (SSSR count). The quantitative estimate of drug-likeness (QED) is 0.461. The lowest BCUT2D eigenvalue weighted by Gasteiger charge is -2.06. The maximum atomic E-state index is 6.06. The fourth-order valence-electron chi connectivity index (χ4n) is 1.16. The third-order valence-electron chi connectivity index (χ3n) is 1.94. The lowest BCUT2D eigenvalue weighted by molar-refractivity contribution is 0.414. The zero-order chi connectivity index (χ0) is 10.4. The van der Waals surface area contributed by atoms with E-state index in [1.807, 2.05) is 18.2 Å². The van der Waals surface area contributed by atoms with Crippen molar-refractivity contribution in [3.8, 4) is 5.75 Å². The molecule has 0 aromatic heterocycles. The van der Waals surface area contributed by atoms with Crippen LogP contribution in [0.1, 0.15) is 5.56 Å². The molecule has 0 spiro atoms. The summed E-state index contributed by atoms with van der Waals surface area (Å²) in [5, 5.41) is 3.88. The second-order valence-electron chi connectivity index (χ2n) is 2.87. The largest absolute Gasteiger partial charge is 0.497 e. The third-order valence-corrected chi connectivity index (χ3v) is 2.52. The first-order chi connectivity index (χ1) is 6.77.